The molecule has 58 heavy (non-hydrogen) atoms. The van der Waals surface area contributed by atoms with Gasteiger partial charge in [-0.2, -0.15) is 0 Å². The van der Waals surface area contributed by atoms with E-state index in [0.29, 0.717) is 0 Å². The number of fused-ring (bicyclic) bond motifs is 9. The van der Waals surface area contributed by atoms with Gasteiger partial charge < -0.3 is 0 Å². The molecule has 0 atom stereocenters. The summed E-state index contributed by atoms with van der Waals surface area (Å²) in [4.78, 5) is 0. The second-order valence-electron chi connectivity index (χ2n) is 15.8. The molecule has 0 radical (unpaired) electrons. The zero-order valence-electron chi connectivity index (χ0n) is 31.6. The molecule has 0 N–H and O–H groups in total. The highest BCUT2D eigenvalue weighted by Crippen LogP contribution is 2.55. The zero-order chi connectivity index (χ0) is 37.9. The van der Waals surface area contributed by atoms with Crippen molar-refractivity contribution >= 4 is 86.2 Å². The Labute approximate surface area is 335 Å². The van der Waals surface area contributed by atoms with Crippen molar-refractivity contribution in [2.45, 2.75) is 0 Å². The van der Waals surface area contributed by atoms with Crippen LogP contribution in [0.5, 0.6) is 0 Å². The van der Waals surface area contributed by atoms with Crippen molar-refractivity contribution in [3.8, 4) is 44.5 Å². The van der Waals surface area contributed by atoms with Gasteiger partial charge in [0.2, 0.25) is 0 Å². The average Bonchev–Trinajstić information content (AvgIpc) is 3.79. The first kappa shape index (κ1) is 31.6. The summed E-state index contributed by atoms with van der Waals surface area (Å²) >= 11 is 0. The maximum atomic E-state index is 2.56. The first-order valence-electron chi connectivity index (χ1n) is 20.3. The van der Waals surface area contributed by atoms with Gasteiger partial charge in [-0.3, -0.25) is 0 Å². The summed E-state index contributed by atoms with van der Waals surface area (Å²) in [6.45, 7) is 0. The van der Waals surface area contributed by atoms with Crippen LogP contribution in [0.4, 0.5) is 0 Å². The third-order valence-electron chi connectivity index (χ3n) is 12.9. The lowest BCUT2D eigenvalue weighted by atomic mass is 9.82. The van der Waals surface area contributed by atoms with Gasteiger partial charge in [-0.25, -0.2) is 0 Å². The summed E-state index contributed by atoms with van der Waals surface area (Å²) in [5.41, 5.74) is 10.0. The van der Waals surface area contributed by atoms with E-state index in [1.165, 1.54) is 131 Å². The molecule has 0 aromatic heterocycles. The summed E-state index contributed by atoms with van der Waals surface area (Å²) in [6.07, 6.45) is 0. The normalized spacial score (nSPS) is 12.1. The smallest absolute Gasteiger partial charge is 0.000719 e. The Kier molecular flexibility index (Phi) is 6.54. The highest BCUT2D eigenvalue weighted by molar-refractivity contribution is 6.43. The van der Waals surface area contributed by atoms with Crippen LogP contribution in [0.3, 0.4) is 0 Å². The van der Waals surface area contributed by atoms with Gasteiger partial charge in [0, 0.05) is 0 Å². The molecule has 13 aromatic rings. The largest absolute Gasteiger partial charge is 0.0622 e. The zero-order valence-corrected chi connectivity index (χ0v) is 31.6. The van der Waals surface area contributed by atoms with Crippen molar-refractivity contribution in [1.82, 2.24) is 0 Å². The van der Waals surface area contributed by atoms with E-state index in [0.717, 1.165) is 0 Å². The lowest BCUT2D eigenvalue weighted by Crippen LogP contribution is -1.93. The molecular formula is C58H34. The molecule has 0 saturated heterocycles. The minimum Gasteiger partial charge on any atom is -0.0622 e. The van der Waals surface area contributed by atoms with Gasteiger partial charge in [0.15, 0.2) is 0 Å². The molecule has 0 unspecified atom stereocenters. The first-order valence-corrected chi connectivity index (χ1v) is 20.3. The molecule has 0 aliphatic rings. The second kappa shape index (κ2) is 12.0. The molecule has 0 aliphatic heterocycles. The lowest BCUT2D eigenvalue weighted by Gasteiger charge is -2.21. The van der Waals surface area contributed by atoms with Crippen molar-refractivity contribution in [3.05, 3.63) is 206 Å². The van der Waals surface area contributed by atoms with Crippen LogP contribution in [0.2, 0.25) is 0 Å². The number of hydrogen-bond acceptors (Lipinski definition) is 0. The van der Waals surface area contributed by atoms with Crippen LogP contribution in [0, 0.1) is 0 Å². The molecule has 0 heteroatoms. The van der Waals surface area contributed by atoms with Crippen LogP contribution in [0.15, 0.2) is 206 Å². The van der Waals surface area contributed by atoms with Crippen molar-refractivity contribution in [2.75, 3.05) is 0 Å². The van der Waals surface area contributed by atoms with Gasteiger partial charge in [0.1, 0.15) is 0 Å². The molecule has 0 saturated carbocycles. The molecule has 0 spiro atoms. The van der Waals surface area contributed by atoms with Crippen molar-refractivity contribution < 1.29 is 0 Å². The minimum absolute atomic E-state index is 1.22. The van der Waals surface area contributed by atoms with E-state index in [4.69, 9.17) is 0 Å². The maximum Gasteiger partial charge on any atom is -0.000719 e. The Balaban J connectivity index is 1.33. The molecule has 0 bridgehead atoms. The van der Waals surface area contributed by atoms with Crippen LogP contribution in [-0.2, 0) is 0 Å². The van der Waals surface area contributed by atoms with Crippen LogP contribution >= 0.6 is 0 Å². The van der Waals surface area contributed by atoms with Gasteiger partial charge in [-0.1, -0.05) is 188 Å². The molecule has 0 fully saturated rings. The van der Waals surface area contributed by atoms with Crippen LogP contribution < -0.4 is 0 Å². The predicted molar refractivity (Wildman–Crippen MR) is 251 cm³/mol. The van der Waals surface area contributed by atoms with Gasteiger partial charge in [-0.15, -0.1) is 0 Å². The lowest BCUT2D eigenvalue weighted by molar-refractivity contribution is 1.61. The Hall–Kier alpha value is -7.54. The van der Waals surface area contributed by atoms with E-state index in [1.807, 2.05) is 0 Å². The highest BCUT2D eigenvalue weighted by Gasteiger charge is 2.27. The Morgan fingerprint density at radius 3 is 1.19 bits per heavy atom. The SMILES string of the molecule is c1ccc(-c2ccccc2-c2c3cc4c(cc3c(-c3ccccc3-c3ccccc3)c3c5cccc6cccc(c23)c65)c2cc3ccccc3c3cccc4c32)cc1. The van der Waals surface area contributed by atoms with Crippen molar-refractivity contribution in [2.24, 2.45) is 0 Å². The molecule has 0 aliphatic carbocycles. The van der Waals surface area contributed by atoms with Crippen molar-refractivity contribution in [1.29, 1.82) is 0 Å². The van der Waals surface area contributed by atoms with Crippen LogP contribution in [0.25, 0.3) is 131 Å². The number of rotatable bonds is 4. The van der Waals surface area contributed by atoms with Crippen molar-refractivity contribution in [3.63, 3.8) is 0 Å². The monoisotopic (exact) mass is 730 g/mol. The summed E-state index contributed by atoms with van der Waals surface area (Å²) < 4.78 is 0. The maximum absolute atomic E-state index is 2.56. The third-order valence-corrected chi connectivity index (χ3v) is 12.9. The Morgan fingerprint density at radius 2 is 0.603 bits per heavy atom. The molecular weight excluding hydrogens is 697 g/mol. The summed E-state index contributed by atoms with van der Waals surface area (Å²) in [5, 5.41) is 20.9. The molecule has 266 valence electrons. The first-order chi connectivity index (χ1) is 28.8. The molecule has 0 nitrogen and oxygen atoms in total. The topological polar surface area (TPSA) is 0 Å². The molecule has 0 amide bonds. The van der Waals surface area contributed by atoms with Gasteiger partial charge >= 0.3 is 0 Å². The third kappa shape index (κ3) is 4.29. The average molecular weight is 731 g/mol. The van der Waals surface area contributed by atoms with Crippen LogP contribution in [0.1, 0.15) is 0 Å². The van der Waals surface area contributed by atoms with E-state index < -0.39 is 0 Å². The van der Waals surface area contributed by atoms with Gasteiger partial charge in [0.25, 0.3) is 0 Å². The number of hydrogen-bond donors (Lipinski definition) is 0. The fourth-order valence-corrected chi connectivity index (χ4v) is 10.6. The van der Waals surface area contributed by atoms with Gasteiger partial charge in [0.05, 0.1) is 0 Å². The fraction of sp³-hybridized carbons (Fsp3) is 0. The summed E-state index contributed by atoms with van der Waals surface area (Å²) in [6, 6.07) is 77.1. The van der Waals surface area contributed by atoms with E-state index in [9.17, 15) is 0 Å². The number of benzene rings is 11. The van der Waals surface area contributed by atoms with E-state index in [1.54, 1.807) is 0 Å². The predicted octanol–water partition coefficient (Wildman–Crippen LogP) is 16.5. The van der Waals surface area contributed by atoms with E-state index >= 15 is 0 Å². The molecule has 13 rings (SSSR count). The highest BCUT2D eigenvalue weighted by atomic mass is 14.3. The molecule has 13 aromatic carbocycles. The van der Waals surface area contributed by atoms with Gasteiger partial charge in [-0.05, 0) is 149 Å². The van der Waals surface area contributed by atoms with E-state index in [2.05, 4.69) is 206 Å². The van der Waals surface area contributed by atoms with Crippen LogP contribution in [-0.4, -0.2) is 0 Å². The van der Waals surface area contributed by atoms with E-state index in [-0.39, 0.29) is 0 Å². The Bertz CT molecular complexity index is 3760. The Morgan fingerprint density at radius 1 is 0.190 bits per heavy atom. The fourth-order valence-electron chi connectivity index (χ4n) is 10.6. The minimum atomic E-state index is 1.22. The quantitative estimate of drug-likeness (QED) is 0.158. The molecule has 0 heterocycles. The summed E-state index contributed by atoms with van der Waals surface area (Å²) in [7, 11) is 0. The summed E-state index contributed by atoms with van der Waals surface area (Å²) in [5.74, 6) is 0. The second-order valence-corrected chi connectivity index (χ2v) is 15.8. The standard InChI is InChI=1S/C58H34/c1-3-16-35(17-4-1)39-23-9-11-26-43(39)55-51-33-48-45-29-15-28-42-41-25-8-7-20-38(41)32-50(54(42)45)49(48)34-52(51)56(44-27-12-10-24-40(44)36-18-5-2-6-19-36)58-47-31-14-22-37-21-13-30-46(53(37)47)57(55)58/h1-34H.